The summed E-state index contributed by atoms with van der Waals surface area (Å²) in [5, 5.41) is 10.3. The van der Waals surface area contributed by atoms with E-state index >= 15 is 0 Å². The normalized spacial score (nSPS) is 11.3. The molecule has 2 aromatic carbocycles. The molecule has 0 saturated carbocycles. The number of hydrogen-bond donors (Lipinski definition) is 4. The molecule has 5 N–H and O–H groups in total. The minimum absolute atomic E-state index is 0.231. The Morgan fingerprint density at radius 3 is 2.56 bits per heavy atom. The second-order valence-electron chi connectivity index (χ2n) is 5.63. The molecule has 0 atom stereocenters. The maximum absolute atomic E-state index is 12.6. The van der Waals surface area contributed by atoms with Crippen molar-refractivity contribution < 1.29 is 27.9 Å². The summed E-state index contributed by atoms with van der Waals surface area (Å²) < 4.78 is 32.1. The van der Waals surface area contributed by atoms with Crippen molar-refractivity contribution in [2.45, 2.75) is 4.90 Å². The second kappa shape index (κ2) is 6.65. The van der Waals surface area contributed by atoms with Crippen molar-refractivity contribution in [3.05, 3.63) is 53.7 Å². The molecule has 1 heterocycles. The third-order valence-electron chi connectivity index (χ3n) is 3.82. The van der Waals surface area contributed by atoms with Gasteiger partial charge in [-0.25, -0.2) is 13.2 Å². The zero-order valence-electron chi connectivity index (χ0n) is 14.0. The smallest absolute Gasteiger partial charge is 0.354 e. The number of benzene rings is 2. The number of nitrogens with two attached hydrogens (primary N) is 1. The zero-order valence-corrected chi connectivity index (χ0v) is 14.8. The van der Waals surface area contributed by atoms with Crippen LogP contribution in [-0.4, -0.2) is 37.5 Å². The monoisotopic (exact) mass is 389 g/mol. The molecule has 10 heteroatoms. The first-order valence-corrected chi connectivity index (χ1v) is 9.06. The number of amides is 1. The molecule has 0 unspecified atom stereocenters. The molecule has 0 aliphatic carbocycles. The average Bonchev–Trinajstić information content (AvgIpc) is 3.04. The van der Waals surface area contributed by atoms with E-state index in [0.717, 1.165) is 18.2 Å². The summed E-state index contributed by atoms with van der Waals surface area (Å²) in [6, 6.07) is 9.44. The first kappa shape index (κ1) is 18.3. The Labute approximate surface area is 153 Å². The molecule has 9 nitrogen and oxygen atoms in total. The Kier molecular flexibility index (Phi) is 4.50. The number of methoxy groups -OCH3 is 1. The number of nitrogens with one attached hydrogen (secondary N) is 2. The number of phenols is 1. The van der Waals surface area contributed by atoms with Crippen molar-refractivity contribution in [3.8, 4) is 5.75 Å². The number of fused-ring (bicyclic) bond motifs is 1. The summed E-state index contributed by atoms with van der Waals surface area (Å²) in [4.78, 5) is 25.5. The highest BCUT2D eigenvalue weighted by molar-refractivity contribution is 7.92. The van der Waals surface area contributed by atoms with E-state index in [2.05, 4.69) is 14.4 Å². The van der Waals surface area contributed by atoms with Gasteiger partial charge in [0.1, 0.15) is 11.4 Å². The second-order valence-corrected chi connectivity index (χ2v) is 7.31. The van der Waals surface area contributed by atoms with E-state index in [9.17, 15) is 23.1 Å². The number of aromatic nitrogens is 1. The SMILES string of the molecule is COC(=O)c1cc2ccc(NS(=O)(=O)c3ccc(O)c(C(N)=O)c3)cc2[nH]1. The summed E-state index contributed by atoms with van der Waals surface area (Å²) in [5.74, 6) is -1.91. The maximum Gasteiger partial charge on any atom is 0.354 e. The molecule has 0 saturated heterocycles. The first-order valence-electron chi connectivity index (χ1n) is 7.58. The van der Waals surface area contributed by atoms with Gasteiger partial charge in [-0.15, -0.1) is 0 Å². The number of ether oxygens (including phenoxy) is 1. The number of sulfonamides is 1. The molecule has 0 bridgehead atoms. The van der Waals surface area contributed by atoms with Crippen LogP contribution in [0.5, 0.6) is 5.75 Å². The lowest BCUT2D eigenvalue weighted by molar-refractivity contribution is 0.0595. The molecular weight excluding hydrogens is 374 g/mol. The van der Waals surface area contributed by atoms with Crippen molar-refractivity contribution in [2.24, 2.45) is 5.73 Å². The van der Waals surface area contributed by atoms with Crippen LogP contribution in [0.2, 0.25) is 0 Å². The first-order chi connectivity index (χ1) is 12.7. The molecule has 0 aliphatic rings. The Morgan fingerprint density at radius 2 is 1.89 bits per heavy atom. The van der Waals surface area contributed by atoms with E-state index in [1.165, 1.54) is 19.2 Å². The van der Waals surface area contributed by atoms with Crippen molar-refractivity contribution in [1.29, 1.82) is 0 Å². The fraction of sp³-hybridized carbons (Fsp3) is 0.0588. The van der Waals surface area contributed by atoms with Gasteiger partial charge in [0, 0.05) is 10.9 Å². The van der Waals surface area contributed by atoms with Gasteiger partial charge in [-0.3, -0.25) is 9.52 Å². The fourth-order valence-electron chi connectivity index (χ4n) is 2.50. The van der Waals surface area contributed by atoms with Crippen LogP contribution in [-0.2, 0) is 14.8 Å². The Hall–Kier alpha value is -3.53. The number of anilines is 1. The molecule has 3 aromatic rings. The molecule has 3 rings (SSSR count). The number of hydrogen-bond acceptors (Lipinski definition) is 6. The van der Waals surface area contributed by atoms with Crippen molar-refractivity contribution >= 4 is 38.5 Å². The van der Waals surface area contributed by atoms with Crippen LogP contribution in [0.1, 0.15) is 20.8 Å². The number of carbonyl (C=O) groups is 2. The highest BCUT2D eigenvalue weighted by Crippen LogP contribution is 2.25. The summed E-state index contributed by atoms with van der Waals surface area (Å²) in [6.45, 7) is 0. The van der Waals surface area contributed by atoms with Crippen LogP contribution < -0.4 is 10.5 Å². The van der Waals surface area contributed by atoms with Gasteiger partial charge in [-0.05, 0) is 36.4 Å². The van der Waals surface area contributed by atoms with Crippen LogP contribution in [0.4, 0.5) is 5.69 Å². The standard InChI is InChI=1S/C17H15N3O6S/c1-26-17(23)14-6-9-2-3-10(7-13(9)19-14)20-27(24,25)11-4-5-15(21)12(8-11)16(18)22/h2-8,19-21H,1H3,(H2,18,22). The quantitative estimate of drug-likeness (QED) is 0.486. The van der Waals surface area contributed by atoms with Gasteiger partial charge in [0.05, 0.1) is 23.3 Å². The third-order valence-corrected chi connectivity index (χ3v) is 5.20. The Balaban J connectivity index is 1.95. The zero-order chi connectivity index (χ0) is 19.8. The molecular formula is C17H15N3O6S. The number of esters is 1. The molecule has 0 spiro atoms. The van der Waals surface area contributed by atoms with Gasteiger partial charge in [0.25, 0.3) is 15.9 Å². The minimum atomic E-state index is -4.04. The highest BCUT2D eigenvalue weighted by Gasteiger charge is 2.19. The van der Waals surface area contributed by atoms with E-state index in [-0.39, 0.29) is 21.8 Å². The number of aromatic hydroxyl groups is 1. The summed E-state index contributed by atoms with van der Waals surface area (Å²) in [7, 11) is -2.79. The van der Waals surface area contributed by atoms with E-state index in [1.807, 2.05) is 0 Å². The molecule has 27 heavy (non-hydrogen) atoms. The largest absolute Gasteiger partial charge is 0.507 e. The molecule has 0 radical (unpaired) electrons. The molecule has 0 aliphatic heterocycles. The van der Waals surface area contributed by atoms with E-state index in [1.54, 1.807) is 12.1 Å². The molecule has 1 aromatic heterocycles. The van der Waals surface area contributed by atoms with Gasteiger partial charge in [0.2, 0.25) is 0 Å². The topological polar surface area (TPSA) is 152 Å². The van der Waals surface area contributed by atoms with Gasteiger partial charge < -0.3 is 20.6 Å². The summed E-state index contributed by atoms with van der Waals surface area (Å²) >= 11 is 0. The number of primary amides is 1. The lowest BCUT2D eigenvalue weighted by Crippen LogP contribution is -2.16. The van der Waals surface area contributed by atoms with E-state index in [0.29, 0.717) is 10.9 Å². The maximum atomic E-state index is 12.6. The van der Waals surface area contributed by atoms with Gasteiger partial charge in [-0.2, -0.15) is 0 Å². The van der Waals surface area contributed by atoms with Crippen LogP contribution >= 0.6 is 0 Å². The Bertz CT molecular complexity index is 1170. The lowest BCUT2D eigenvalue weighted by Gasteiger charge is -2.10. The van der Waals surface area contributed by atoms with Crippen molar-refractivity contribution in [1.82, 2.24) is 4.98 Å². The number of H-pyrrole nitrogens is 1. The number of aromatic amines is 1. The van der Waals surface area contributed by atoms with Crippen LogP contribution in [0.3, 0.4) is 0 Å². The van der Waals surface area contributed by atoms with Crippen molar-refractivity contribution in [3.63, 3.8) is 0 Å². The summed E-state index contributed by atoms with van der Waals surface area (Å²) in [6.07, 6.45) is 0. The minimum Gasteiger partial charge on any atom is -0.507 e. The Morgan fingerprint density at radius 1 is 1.15 bits per heavy atom. The van der Waals surface area contributed by atoms with Crippen LogP contribution in [0.15, 0.2) is 47.4 Å². The van der Waals surface area contributed by atoms with Gasteiger partial charge >= 0.3 is 5.97 Å². The third kappa shape index (κ3) is 3.55. The van der Waals surface area contributed by atoms with Crippen LogP contribution in [0.25, 0.3) is 10.9 Å². The highest BCUT2D eigenvalue weighted by atomic mass is 32.2. The van der Waals surface area contributed by atoms with E-state index < -0.39 is 27.6 Å². The van der Waals surface area contributed by atoms with Crippen molar-refractivity contribution in [2.75, 3.05) is 11.8 Å². The van der Waals surface area contributed by atoms with Gasteiger partial charge in [-0.1, -0.05) is 6.07 Å². The molecule has 1 amide bonds. The van der Waals surface area contributed by atoms with E-state index in [4.69, 9.17) is 5.73 Å². The van der Waals surface area contributed by atoms with Crippen LogP contribution in [0, 0.1) is 0 Å². The fourth-order valence-corrected chi connectivity index (χ4v) is 3.58. The predicted molar refractivity (Wildman–Crippen MR) is 97.1 cm³/mol. The predicted octanol–water partition coefficient (Wildman–Crippen LogP) is 1.56. The molecule has 140 valence electrons. The lowest BCUT2D eigenvalue weighted by atomic mass is 10.2. The van der Waals surface area contributed by atoms with Gasteiger partial charge in [0.15, 0.2) is 0 Å². The average molecular weight is 389 g/mol. The summed E-state index contributed by atoms with van der Waals surface area (Å²) in [5.41, 5.74) is 5.81. The number of carbonyl (C=O) groups excluding carboxylic acids is 2. The molecule has 0 fully saturated rings. The number of rotatable bonds is 5.